The molecule has 1 aromatic heterocycles. The number of Topliss-reactive ketones (excluding diaryl/α,β-unsaturated/α-hetero) is 1. The minimum Gasteiger partial charge on any atom is -0.490 e. The Bertz CT molecular complexity index is 1240. The smallest absolute Gasteiger partial charge is 0.229 e. The number of morpholine rings is 1. The van der Waals surface area contributed by atoms with E-state index in [9.17, 15) is 4.79 Å². The number of benzene rings is 2. The highest BCUT2D eigenvalue weighted by Crippen LogP contribution is 2.32. The summed E-state index contributed by atoms with van der Waals surface area (Å²) in [7, 11) is 0. The van der Waals surface area contributed by atoms with Gasteiger partial charge in [0.1, 0.15) is 24.5 Å². The minimum absolute atomic E-state index is 0.113. The van der Waals surface area contributed by atoms with Crippen LogP contribution in [0.3, 0.4) is 0 Å². The lowest BCUT2D eigenvalue weighted by atomic mass is 10.2. The van der Waals surface area contributed by atoms with E-state index < -0.39 is 0 Å². The molecule has 10 nitrogen and oxygen atoms in total. The summed E-state index contributed by atoms with van der Waals surface area (Å²) in [5.41, 5.74) is 4.15. The van der Waals surface area contributed by atoms with Crippen LogP contribution in [0, 0.1) is 0 Å². The van der Waals surface area contributed by atoms with Crippen molar-refractivity contribution in [3.05, 3.63) is 66.9 Å². The zero-order valence-corrected chi connectivity index (χ0v) is 20.7. The van der Waals surface area contributed by atoms with Gasteiger partial charge in [-0.15, -0.1) is 0 Å². The molecule has 1 fully saturated rings. The molecular weight excluding hydrogens is 472 g/mol. The van der Waals surface area contributed by atoms with Crippen molar-refractivity contribution in [3.8, 4) is 5.75 Å². The molecule has 3 N–H and O–H groups in total. The third kappa shape index (κ3) is 6.83. The van der Waals surface area contributed by atoms with Crippen LogP contribution in [0.1, 0.15) is 17.3 Å². The number of ether oxygens (including phenoxy) is 2. The lowest BCUT2D eigenvalue weighted by Crippen LogP contribution is -2.36. The molecule has 0 spiro atoms. The number of nitrogens with zero attached hydrogens (tertiary/aromatic N) is 3. The van der Waals surface area contributed by atoms with Gasteiger partial charge in [0.05, 0.1) is 24.5 Å². The van der Waals surface area contributed by atoms with E-state index in [2.05, 4.69) is 49.5 Å². The molecule has 0 aliphatic carbocycles. The fourth-order valence-electron chi connectivity index (χ4n) is 3.86. The van der Waals surface area contributed by atoms with Crippen molar-refractivity contribution in [2.75, 3.05) is 60.3 Å². The SMILES string of the molecule is C=CC=O.CC(=O)c1cnc(Nc2ccc(N3CCOCC3)cc2)nc1Nc1ccc2c(c1)NCCO2. The number of aldehydes is 1. The normalized spacial score (nSPS) is 14.0. The molecule has 1 saturated heterocycles. The van der Waals surface area contributed by atoms with E-state index in [1.54, 1.807) is 6.20 Å². The van der Waals surface area contributed by atoms with E-state index in [1.807, 2.05) is 30.3 Å². The second kappa shape index (κ2) is 12.5. The lowest BCUT2D eigenvalue weighted by molar-refractivity contribution is -0.104. The fourth-order valence-corrected chi connectivity index (χ4v) is 3.86. The van der Waals surface area contributed by atoms with Crippen LogP contribution in [0.15, 0.2) is 61.3 Å². The number of carbonyl (C=O) groups is 2. The van der Waals surface area contributed by atoms with Gasteiger partial charge >= 0.3 is 0 Å². The minimum atomic E-state index is -0.113. The van der Waals surface area contributed by atoms with Gasteiger partial charge in [-0.05, 0) is 55.5 Å². The van der Waals surface area contributed by atoms with Crippen molar-refractivity contribution in [2.45, 2.75) is 6.92 Å². The van der Waals surface area contributed by atoms with Crippen molar-refractivity contribution in [3.63, 3.8) is 0 Å². The number of anilines is 6. The van der Waals surface area contributed by atoms with Gasteiger partial charge in [0.25, 0.3) is 0 Å². The summed E-state index contributed by atoms with van der Waals surface area (Å²) in [5, 5.41) is 9.79. The number of allylic oxidation sites excluding steroid dienone is 1. The molecular formula is C27H30N6O4. The van der Waals surface area contributed by atoms with Crippen molar-refractivity contribution in [2.24, 2.45) is 0 Å². The van der Waals surface area contributed by atoms with Gasteiger partial charge in [0, 0.05) is 42.9 Å². The number of hydrogen-bond acceptors (Lipinski definition) is 10. The van der Waals surface area contributed by atoms with Crippen LogP contribution in [-0.2, 0) is 9.53 Å². The lowest BCUT2D eigenvalue weighted by Gasteiger charge is -2.28. The third-order valence-corrected chi connectivity index (χ3v) is 5.68. The maximum Gasteiger partial charge on any atom is 0.229 e. The topological polar surface area (TPSA) is 118 Å². The van der Waals surface area contributed by atoms with Crippen LogP contribution in [-0.4, -0.2) is 61.5 Å². The van der Waals surface area contributed by atoms with Crippen LogP contribution in [0.5, 0.6) is 5.75 Å². The molecule has 0 amide bonds. The zero-order chi connectivity index (χ0) is 26.0. The number of fused-ring (bicyclic) bond motifs is 1. The second-order valence-corrected chi connectivity index (χ2v) is 8.27. The summed E-state index contributed by atoms with van der Waals surface area (Å²) < 4.78 is 11.1. The molecule has 3 heterocycles. The van der Waals surface area contributed by atoms with E-state index >= 15 is 0 Å². The fraction of sp³-hybridized carbons (Fsp3) is 0.259. The van der Waals surface area contributed by atoms with Gasteiger partial charge in [-0.1, -0.05) is 6.58 Å². The number of aromatic nitrogens is 2. The molecule has 0 atom stereocenters. The zero-order valence-electron chi connectivity index (χ0n) is 20.7. The number of nitrogens with one attached hydrogen (secondary N) is 3. The molecule has 192 valence electrons. The summed E-state index contributed by atoms with van der Waals surface area (Å²) in [6.45, 7) is 9.29. The van der Waals surface area contributed by atoms with Crippen molar-refractivity contribution in [1.82, 2.24) is 9.97 Å². The van der Waals surface area contributed by atoms with Gasteiger partial charge in [0.15, 0.2) is 5.78 Å². The second-order valence-electron chi connectivity index (χ2n) is 8.27. The molecule has 0 unspecified atom stereocenters. The van der Waals surface area contributed by atoms with Gasteiger partial charge in [0.2, 0.25) is 5.95 Å². The van der Waals surface area contributed by atoms with E-state index in [4.69, 9.17) is 14.3 Å². The monoisotopic (exact) mass is 502 g/mol. The maximum atomic E-state index is 12.2. The van der Waals surface area contributed by atoms with Crippen molar-refractivity contribution < 1.29 is 19.1 Å². The molecule has 0 bridgehead atoms. The van der Waals surface area contributed by atoms with Crippen LogP contribution < -0.4 is 25.6 Å². The molecule has 2 aliphatic heterocycles. The molecule has 2 aromatic carbocycles. The highest BCUT2D eigenvalue weighted by Gasteiger charge is 2.15. The Labute approximate surface area is 215 Å². The Kier molecular flexibility index (Phi) is 8.66. The van der Waals surface area contributed by atoms with Gasteiger partial charge < -0.3 is 30.3 Å². The number of hydrogen-bond donors (Lipinski definition) is 3. The average Bonchev–Trinajstić information content (AvgIpc) is 2.94. The van der Waals surface area contributed by atoms with E-state index in [-0.39, 0.29) is 5.78 Å². The maximum absolute atomic E-state index is 12.2. The average molecular weight is 503 g/mol. The molecule has 10 heteroatoms. The molecule has 37 heavy (non-hydrogen) atoms. The molecule has 5 rings (SSSR count). The van der Waals surface area contributed by atoms with E-state index in [1.165, 1.54) is 13.0 Å². The Hall–Kier alpha value is -4.44. The molecule has 3 aromatic rings. The first-order valence-electron chi connectivity index (χ1n) is 12.0. The Balaban J connectivity index is 0.000000747. The van der Waals surface area contributed by atoms with E-state index in [0.717, 1.165) is 61.3 Å². The molecule has 2 aliphatic rings. The highest BCUT2D eigenvalue weighted by atomic mass is 16.5. The molecule has 0 radical (unpaired) electrons. The van der Waals surface area contributed by atoms with Gasteiger partial charge in [-0.2, -0.15) is 4.98 Å². The van der Waals surface area contributed by atoms with Crippen LogP contribution >= 0.6 is 0 Å². The summed E-state index contributed by atoms with van der Waals surface area (Å²) >= 11 is 0. The predicted octanol–water partition coefficient (Wildman–Crippen LogP) is 4.18. The first-order valence-corrected chi connectivity index (χ1v) is 12.0. The van der Waals surface area contributed by atoms with Crippen molar-refractivity contribution in [1.29, 1.82) is 0 Å². The number of rotatable bonds is 7. The van der Waals surface area contributed by atoms with Gasteiger partial charge in [-0.3, -0.25) is 9.59 Å². The summed E-state index contributed by atoms with van der Waals surface area (Å²) in [4.78, 5) is 32.4. The van der Waals surface area contributed by atoms with Crippen LogP contribution in [0.25, 0.3) is 0 Å². The summed E-state index contributed by atoms with van der Waals surface area (Å²) in [6, 6.07) is 13.9. The number of ketones is 1. The summed E-state index contributed by atoms with van der Waals surface area (Å²) in [6.07, 6.45) is 3.38. The Morgan fingerprint density at radius 1 is 1.08 bits per heavy atom. The predicted molar refractivity (Wildman–Crippen MR) is 145 cm³/mol. The first kappa shape index (κ1) is 25.6. The number of carbonyl (C=O) groups excluding carboxylic acids is 2. The van der Waals surface area contributed by atoms with Crippen LogP contribution in [0.4, 0.5) is 34.5 Å². The summed E-state index contributed by atoms with van der Waals surface area (Å²) in [5.74, 6) is 1.55. The largest absolute Gasteiger partial charge is 0.490 e. The van der Waals surface area contributed by atoms with E-state index in [0.29, 0.717) is 30.2 Å². The first-order chi connectivity index (χ1) is 18.1. The Morgan fingerprint density at radius 2 is 1.81 bits per heavy atom. The molecule has 0 saturated carbocycles. The Morgan fingerprint density at radius 3 is 2.51 bits per heavy atom. The quantitative estimate of drug-likeness (QED) is 0.247. The van der Waals surface area contributed by atoms with Crippen molar-refractivity contribution >= 4 is 46.6 Å². The third-order valence-electron chi connectivity index (χ3n) is 5.68. The highest BCUT2D eigenvalue weighted by molar-refractivity contribution is 5.99. The standard InChI is InChI=1S/C24H26N6O3.C3H4O/c1-16(31)20-15-26-24(28-17-2-5-19(6-3-17)30-9-12-32-13-10-30)29-23(20)27-18-4-7-22-21(14-18)25-8-11-33-22;1-2-3-4/h2-7,14-15,25H,8-13H2,1H3,(H2,26,27,28,29);2-3H,1H2. The van der Waals surface area contributed by atoms with Crippen LogP contribution in [0.2, 0.25) is 0 Å². The van der Waals surface area contributed by atoms with Gasteiger partial charge in [-0.25, -0.2) is 4.98 Å².